The number of hydrogen-bond donors (Lipinski definition) is 1. The van der Waals surface area contributed by atoms with Crippen molar-refractivity contribution in [2.75, 3.05) is 20.2 Å². The lowest BCUT2D eigenvalue weighted by Crippen LogP contribution is -2.40. The molecule has 1 aliphatic rings. The fraction of sp³-hybridized carbons (Fsp3) is 0.263. The highest BCUT2D eigenvalue weighted by Gasteiger charge is 2.26. The first-order valence-electron chi connectivity index (χ1n) is 8.30. The number of rotatable bonds is 5. The van der Waals surface area contributed by atoms with E-state index in [4.69, 9.17) is 4.74 Å². The maximum absolute atomic E-state index is 14.6. The summed E-state index contributed by atoms with van der Waals surface area (Å²) in [7, 11) is 1.59. The van der Waals surface area contributed by atoms with Gasteiger partial charge in [-0.05, 0) is 36.8 Å². The van der Waals surface area contributed by atoms with Crippen LogP contribution < -0.4 is 4.74 Å². The Morgan fingerprint density at radius 3 is 2.96 bits per heavy atom. The first-order chi connectivity index (χ1) is 13.0. The second kappa shape index (κ2) is 8.75. The van der Waals surface area contributed by atoms with Gasteiger partial charge in [-0.15, -0.1) is 11.8 Å². The fourth-order valence-corrected chi connectivity index (χ4v) is 4.32. The van der Waals surface area contributed by atoms with Gasteiger partial charge in [0.15, 0.2) is 0 Å². The number of thioether (sulfide) groups is 1. The smallest absolute Gasteiger partial charge is 0.413 e. The minimum Gasteiger partial charge on any atom is -0.496 e. The Kier molecular flexibility index (Phi) is 6.38. The Morgan fingerprint density at radius 2 is 2.22 bits per heavy atom. The third-order valence-electron chi connectivity index (χ3n) is 4.11. The van der Waals surface area contributed by atoms with Crippen LogP contribution in [0.1, 0.15) is 17.5 Å². The van der Waals surface area contributed by atoms with Crippen LogP contribution in [0.2, 0.25) is 0 Å². The molecule has 0 fully saturated rings. The standard InChI is InChI=1S/C19H18BrFN2O3S/c1-26-16-7-6-13(20)10-12(16)11-27-17-14(4-2-5-15(17)21)18-22-8-3-9-23(18)19(24)25/h2,4-7,10H,3,8-9,11H2,1H3,(H,24,25). The Labute approximate surface area is 169 Å². The summed E-state index contributed by atoms with van der Waals surface area (Å²) in [6.45, 7) is 0.882. The van der Waals surface area contributed by atoms with Crippen LogP contribution in [-0.2, 0) is 5.75 Å². The summed E-state index contributed by atoms with van der Waals surface area (Å²) in [5.74, 6) is 1.09. The molecule has 142 valence electrons. The number of benzene rings is 2. The van der Waals surface area contributed by atoms with Gasteiger partial charge in [0.05, 0.1) is 12.0 Å². The van der Waals surface area contributed by atoms with Gasteiger partial charge >= 0.3 is 6.09 Å². The highest BCUT2D eigenvalue weighted by Crippen LogP contribution is 2.34. The molecule has 3 rings (SSSR count). The van der Waals surface area contributed by atoms with E-state index in [1.807, 2.05) is 18.2 Å². The summed E-state index contributed by atoms with van der Waals surface area (Å²) >= 11 is 4.73. The van der Waals surface area contributed by atoms with Crippen molar-refractivity contribution in [2.45, 2.75) is 17.1 Å². The molecule has 2 aromatic rings. The van der Waals surface area contributed by atoms with Gasteiger partial charge in [-0.25, -0.2) is 9.18 Å². The predicted octanol–water partition coefficient (Wildman–Crippen LogP) is 5.02. The average Bonchev–Trinajstić information content (AvgIpc) is 2.67. The van der Waals surface area contributed by atoms with Crippen LogP contribution in [0.4, 0.5) is 9.18 Å². The van der Waals surface area contributed by atoms with Crippen LogP contribution in [0.5, 0.6) is 5.75 Å². The molecule has 0 saturated heterocycles. The third kappa shape index (κ3) is 4.44. The SMILES string of the molecule is COc1ccc(Br)cc1CSc1c(F)cccc1C1=NCCCN1C(=O)O. The summed E-state index contributed by atoms with van der Waals surface area (Å²) in [5, 5.41) is 9.46. The first-order valence-corrected chi connectivity index (χ1v) is 10.1. The van der Waals surface area contributed by atoms with Gasteiger partial charge in [0.2, 0.25) is 0 Å². The lowest BCUT2D eigenvalue weighted by Gasteiger charge is -2.26. The molecule has 1 aliphatic heterocycles. The van der Waals surface area contributed by atoms with Gasteiger partial charge in [-0.1, -0.05) is 22.0 Å². The number of amides is 1. The van der Waals surface area contributed by atoms with Gasteiger partial charge in [0.25, 0.3) is 0 Å². The average molecular weight is 453 g/mol. The molecule has 1 amide bonds. The summed E-state index contributed by atoms with van der Waals surface area (Å²) in [5.41, 5.74) is 1.41. The normalized spacial score (nSPS) is 14.0. The second-order valence-electron chi connectivity index (χ2n) is 5.85. The van der Waals surface area contributed by atoms with Crippen LogP contribution in [0.3, 0.4) is 0 Å². The van der Waals surface area contributed by atoms with Crippen molar-refractivity contribution >= 4 is 39.6 Å². The van der Waals surface area contributed by atoms with Crippen LogP contribution in [-0.4, -0.2) is 42.1 Å². The van der Waals surface area contributed by atoms with Gasteiger partial charge in [-0.2, -0.15) is 0 Å². The molecule has 0 atom stereocenters. The molecule has 8 heteroatoms. The largest absolute Gasteiger partial charge is 0.496 e. The zero-order valence-electron chi connectivity index (χ0n) is 14.6. The number of carboxylic acid groups (broad SMARTS) is 1. The highest BCUT2D eigenvalue weighted by atomic mass is 79.9. The van der Waals surface area contributed by atoms with E-state index in [0.29, 0.717) is 47.3 Å². The lowest BCUT2D eigenvalue weighted by atomic mass is 10.1. The molecule has 0 aromatic heterocycles. The van der Waals surface area contributed by atoms with E-state index in [2.05, 4.69) is 20.9 Å². The minimum atomic E-state index is -1.08. The fourth-order valence-electron chi connectivity index (χ4n) is 2.86. The van der Waals surface area contributed by atoms with Crippen LogP contribution in [0, 0.1) is 5.82 Å². The van der Waals surface area contributed by atoms with Crippen molar-refractivity contribution in [3.05, 3.63) is 57.8 Å². The monoisotopic (exact) mass is 452 g/mol. The molecule has 0 unspecified atom stereocenters. The predicted molar refractivity (Wildman–Crippen MR) is 107 cm³/mol. The van der Waals surface area contributed by atoms with Crippen molar-refractivity contribution in [1.82, 2.24) is 4.90 Å². The summed E-state index contributed by atoms with van der Waals surface area (Å²) in [6.07, 6.45) is -0.426. The molecule has 0 aliphatic carbocycles. The Balaban J connectivity index is 1.94. The van der Waals surface area contributed by atoms with E-state index in [0.717, 1.165) is 10.0 Å². The number of nitrogens with zero attached hydrogens (tertiary/aromatic N) is 2. The van der Waals surface area contributed by atoms with E-state index in [1.54, 1.807) is 19.2 Å². The summed E-state index contributed by atoms with van der Waals surface area (Å²) < 4.78 is 20.9. The van der Waals surface area contributed by atoms with Crippen LogP contribution >= 0.6 is 27.7 Å². The van der Waals surface area contributed by atoms with Crippen molar-refractivity contribution < 1.29 is 19.0 Å². The van der Waals surface area contributed by atoms with E-state index in [9.17, 15) is 14.3 Å². The zero-order valence-corrected chi connectivity index (χ0v) is 17.0. The minimum absolute atomic E-state index is 0.303. The van der Waals surface area contributed by atoms with Crippen molar-refractivity contribution in [2.24, 2.45) is 4.99 Å². The number of halogens is 2. The van der Waals surface area contributed by atoms with Crippen LogP contribution in [0.25, 0.3) is 0 Å². The number of amidine groups is 1. The molecule has 2 aromatic carbocycles. The Morgan fingerprint density at radius 1 is 1.41 bits per heavy atom. The summed E-state index contributed by atoms with van der Waals surface area (Å²) in [4.78, 5) is 17.5. The highest BCUT2D eigenvalue weighted by molar-refractivity contribution is 9.10. The van der Waals surface area contributed by atoms with Crippen LogP contribution in [0.15, 0.2) is 50.8 Å². The molecule has 0 bridgehead atoms. The Bertz CT molecular complexity index is 891. The third-order valence-corrected chi connectivity index (χ3v) is 5.76. The molecule has 0 saturated carbocycles. The first kappa shape index (κ1) is 19.7. The van der Waals surface area contributed by atoms with Gasteiger partial charge in [0.1, 0.15) is 17.4 Å². The molecular weight excluding hydrogens is 435 g/mol. The van der Waals surface area contributed by atoms with E-state index in [-0.39, 0.29) is 0 Å². The number of aliphatic imine (C=N–C) groups is 1. The topological polar surface area (TPSA) is 62.1 Å². The maximum Gasteiger partial charge on any atom is 0.413 e. The van der Waals surface area contributed by atoms with E-state index < -0.39 is 11.9 Å². The van der Waals surface area contributed by atoms with Crippen molar-refractivity contribution in [3.63, 3.8) is 0 Å². The maximum atomic E-state index is 14.6. The van der Waals surface area contributed by atoms with Crippen molar-refractivity contribution in [3.8, 4) is 5.75 Å². The number of hydrogen-bond acceptors (Lipinski definition) is 4. The number of carbonyl (C=O) groups is 1. The Hall–Kier alpha value is -2.06. The van der Waals surface area contributed by atoms with Gasteiger partial charge in [-0.3, -0.25) is 9.89 Å². The molecule has 27 heavy (non-hydrogen) atoms. The molecule has 0 radical (unpaired) electrons. The molecule has 0 spiro atoms. The van der Waals surface area contributed by atoms with Gasteiger partial charge in [0, 0.05) is 34.4 Å². The number of ether oxygens (including phenoxy) is 1. The second-order valence-corrected chi connectivity index (χ2v) is 7.76. The summed E-state index contributed by atoms with van der Waals surface area (Å²) in [6, 6.07) is 10.3. The van der Waals surface area contributed by atoms with E-state index >= 15 is 0 Å². The molecule has 1 N–H and O–H groups in total. The molecular formula is C19H18BrFN2O3S. The zero-order chi connectivity index (χ0) is 19.4. The lowest BCUT2D eigenvalue weighted by molar-refractivity contribution is 0.167. The number of methoxy groups -OCH3 is 1. The molecule has 5 nitrogen and oxygen atoms in total. The van der Waals surface area contributed by atoms with E-state index in [1.165, 1.54) is 22.7 Å². The van der Waals surface area contributed by atoms with Crippen molar-refractivity contribution in [1.29, 1.82) is 0 Å². The quantitative estimate of drug-likeness (QED) is 0.646. The van der Waals surface area contributed by atoms with Gasteiger partial charge < -0.3 is 9.84 Å². The molecule has 1 heterocycles.